The van der Waals surface area contributed by atoms with E-state index in [9.17, 15) is 8.42 Å². The minimum absolute atomic E-state index is 0.279. The van der Waals surface area contributed by atoms with Crippen molar-refractivity contribution in [2.75, 3.05) is 0 Å². The van der Waals surface area contributed by atoms with Gasteiger partial charge in [-0.3, -0.25) is 0 Å². The van der Waals surface area contributed by atoms with Gasteiger partial charge in [0.05, 0.1) is 15.5 Å². The summed E-state index contributed by atoms with van der Waals surface area (Å²) in [5, 5.41) is 1.56. The van der Waals surface area contributed by atoms with Gasteiger partial charge in [-0.2, -0.15) is 0 Å². The zero-order chi connectivity index (χ0) is 20.4. The van der Waals surface area contributed by atoms with Crippen LogP contribution in [0.15, 0.2) is 77.7 Å². The van der Waals surface area contributed by atoms with Gasteiger partial charge in [-0.05, 0) is 41.8 Å². The molecule has 0 spiro atoms. The molecule has 6 heteroatoms. The lowest BCUT2D eigenvalue weighted by atomic mass is 10.1. The van der Waals surface area contributed by atoms with Crippen LogP contribution in [0.1, 0.15) is 12.5 Å². The molecule has 0 aliphatic heterocycles. The van der Waals surface area contributed by atoms with Crippen LogP contribution in [0.4, 0.5) is 0 Å². The van der Waals surface area contributed by atoms with Crippen LogP contribution < -0.4 is 0 Å². The smallest absolute Gasteiger partial charge is 0.168 e. The van der Waals surface area contributed by atoms with Crippen LogP contribution in [0.5, 0.6) is 0 Å². The van der Waals surface area contributed by atoms with E-state index in [1.807, 2.05) is 30.3 Å². The van der Waals surface area contributed by atoms with Gasteiger partial charge in [0.15, 0.2) is 10.7 Å². The maximum atomic E-state index is 11.5. The van der Waals surface area contributed by atoms with Gasteiger partial charge >= 0.3 is 0 Å². The Morgan fingerprint density at radius 2 is 1.59 bits per heavy atom. The van der Waals surface area contributed by atoms with Gasteiger partial charge in [-0.15, -0.1) is 11.3 Å². The van der Waals surface area contributed by atoms with E-state index in [1.54, 1.807) is 29.5 Å². The van der Waals surface area contributed by atoms with Gasteiger partial charge < -0.3 is 0 Å². The highest BCUT2D eigenvalue weighted by Gasteiger charge is 2.17. The third-order valence-corrected chi connectivity index (χ3v) is 6.78. The van der Waals surface area contributed by atoms with Gasteiger partial charge in [-0.25, -0.2) is 13.4 Å². The zero-order valence-corrected chi connectivity index (χ0v) is 18.1. The highest BCUT2D eigenvalue weighted by molar-refractivity contribution is 7.72. The van der Waals surface area contributed by atoms with E-state index in [1.165, 1.54) is 5.56 Å². The number of hydrogen-bond acceptors (Lipinski definition) is 4. The molecule has 0 N–H and O–H groups in total. The largest absolute Gasteiger partial charge is 0.235 e. The van der Waals surface area contributed by atoms with Crippen molar-refractivity contribution in [3.8, 4) is 32.3 Å². The van der Waals surface area contributed by atoms with Crippen molar-refractivity contribution in [3.05, 3.63) is 83.4 Å². The average Bonchev–Trinajstić information content (AvgIpc) is 3.20. The van der Waals surface area contributed by atoms with Crippen molar-refractivity contribution >= 4 is 33.6 Å². The highest BCUT2D eigenvalue weighted by atomic mass is 35.5. The van der Waals surface area contributed by atoms with Crippen LogP contribution in [-0.4, -0.2) is 13.4 Å². The second-order valence-corrected chi connectivity index (χ2v) is 9.03. The summed E-state index contributed by atoms with van der Waals surface area (Å²) in [6.45, 7) is 2.13. The van der Waals surface area contributed by atoms with E-state index in [0.717, 1.165) is 38.7 Å². The Kier molecular flexibility index (Phi) is 5.81. The quantitative estimate of drug-likeness (QED) is 0.369. The Balaban J connectivity index is 1.89. The highest BCUT2D eigenvalue weighted by Crippen LogP contribution is 2.41. The molecule has 0 aliphatic carbocycles. The molecular weight excluding hydrogens is 422 g/mol. The molecule has 3 nitrogen and oxygen atoms in total. The van der Waals surface area contributed by atoms with Crippen LogP contribution in [0, 0.1) is 0 Å². The third kappa shape index (κ3) is 4.27. The van der Waals surface area contributed by atoms with Crippen molar-refractivity contribution in [1.82, 2.24) is 4.98 Å². The first kappa shape index (κ1) is 19.8. The molecule has 0 saturated heterocycles. The lowest BCUT2D eigenvalue weighted by molar-refractivity contribution is 0.614. The molecule has 29 heavy (non-hydrogen) atoms. The molecule has 1 heterocycles. The average molecular weight is 440 g/mol. The molecule has 0 radical (unpaired) electrons. The number of aromatic nitrogens is 1. The molecule has 1 aromatic heterocycles. The van der Waals surface area contributed by atoms with Crippen LogP contribution >= 0.6 is 22.9 Å². The first-order valence-corrected chi connectivity index (χ1v) is 11.5. The van der Waals surface area contributed by atoms with E-state index >= 15 is 0 Å². The molecule has 4 rings (SSSR count). The second kappa shape index (κ2) is 8.49. The number of hydrogen-bond donors (Lipinski definition) is 1. The lowest BCUT2D eigenvalue weighted by Gasteiger charge is -2.04. The van der Waals surface area contributed by atoms with E-state index in [-0.39, 0.29) is 4.90 Å². The van der Waals surface area contributed by atoms with Crippen LogP contribution in [0.25, 0.3) is 32.3 Å². The minimum Gasteiger partial charge on any atom is -0.235 e. The number of halogens is 1. The first-order valence-electron chi connectivity index (χ1n) is 9.16. The molecule has 0 aliphatic rings. The maximum absolute atomic E-state index is 11.5. The van der Waals surface area contributed by atoms with Gasteiger partial charge in [-0.1, -0.05) is 67.1 Å². The number of thiol groups is 1. The van der Waals surface area contributed by atoms with Gasteiger partial charge in [0.2, 0.25) is 0 Å². The molecule has 0 bridgehead atoms. The zero-order valence-electron chi connectivity index (χ0n) is 15.6. The van der Waals surface area contributed by atoms with E-state index in [4.69, 9.17) is 16.6 Å². The SMILES string of the molecule is CCc1ccc(-c2nc(-c3cccc([SH](=O)=O)c3)c(-c3ccc(Cl)cc3)s2)cc1. The molecule has 146 valence electrons. The molecule has 0 unspecified atom stereocenters. The van der Waals surface area contributed by atoms with Crippen molar-refractivity contribution in [2.24, 2.45) is 0 Å². The Bertz CT molecular complexity index is 1220. The number of thiazole rings is 1. The summed E-state index contributed by atoms with van der Waals surface area (Å²) in [5.41, 5.74) is 4.86. The summed E-state index contributed by atoms with van der Waals surface area (Å²) < 4.78 is 22.9. The fourth-order valence-corrected chi connectivity index (χ4v) is 4.76. The Morgan fingerprint density at radius 1 is 0.897 bits per heavy atom. The predicted molar refractivity (Wildman–Crippen MR) is 121 cm³/mol. The molecule has 0 amide bonds. The van der Waals surface area contributed by atoms with E-state index < -0.39 is 10.7 Å². The number of rotatable bonds is 5. The maximum Gasteiger partial charge on any atom is 0.168 e. The minimum atomic E-state index is -2.65. The molecule has 0 saturated carbocycles. The van der Waals surface area contributed by atoms with E-state index in [2.05, 4.69) is 31.2 Å². The topological polar surface area (TPSA) is 47.0 Å². The summed E-state index contributed by atoms with van der Waals surface area (Å²) in [5.74, 6) is 0. The summed E-state index contributed by atoms with van der Waals surface area (Å²) in [7, 11) is -2.65. The van der Waals surface area contributed by atoms with Crippen molar-refractivity contribution < 1.29 is 8.42 Å². The number of aryl methyl sites for hydroxylation is 1. The molecular formula is C23H18ClNO2S2. The Hall–Kier alpha value is -2.47. The monoisotopic (exact) mass is 439 g/mol. The van der Waals surface area contributed by atoms with Crippen molar-refractivity contribution in [1.29, 1.82) is 0 Å². The van der Waals surface area contributed by atoms with Crippen LogP contribution in [0.3, 0.4) is 0 Å². The van der Waals surface area contributed by atoms with Crippen molar-refractivity contribution in [2.45, 2.75) is 18.2 Å². The number of benzene rings is 3. The fourth-order valence-electron chi connectivity index (χ4n) is 3.09. The summed E-state index contributed by atoms with van der Waals surface area (Å²) in [6, 6.07) is 22.9. The predicted octanol–water partition coefficient (Wildman–Crippen LogP) is 6.33. The van der Waals surface area contributed by atoms with Gasteiger partial charge in [0.1, 0.15) is 5.01 Å². The molecule has 3 aromatic carbocycles. The summed E-state index contributed by atoms with van der Waals surface area (Å²) in [6.07, 6.45) is 0.986. The Labute approximate surface area is 180 Å². The van der Waals surface area contributed by atoms with Crippen LogP contribution in [0.2, 0.25) is 5.02 Å². The lowest BCUT2D eigenvalue weighted by Crippen LogP contribution is -1.86. The fraction of sp³-hybridized carbons (Fsp3) is 0.0870. The Morgan fingerprint density at radius 3 is 2.24 bits per heavy atom. The summed E-state index contributed by atoms with van der Waals surface area (Å²) >= 11 is 7.65. The third-order valence-electron chi connectivity index (χ3n) is 4.67. The van der Waals surface area contributed by atoms with Gasteiger partial charge in [0, 0.05) is 16.1 Å². The van der Waals surface area contributed by atoms with E-state index in [0.29, 0.717) is 5.02 Å². The van der Waals surface area contributed by atoms with Gasteiger partial charge in [0.25, 0.3) is 0 Å². The first-order chi connectivity index (χ1) is 14.0. The number of nitrogens with zero attached hydrogens (tertiary/aromatic N) is 1. The standard InChI is InChI=1S/C23H18ClNO2S2/c1-2-15-6-8-17(9-7-15)23-25-21(18-4-3-5-20(14-18)29(26)27)22(28-23)16-10-12-19(24)13-11-16/h3-14,29H,2H2,1H3. The molecule has 4 aromatic rings. The van der Waals surface area contributed by atoms with Crippen LogP contribution in [-0.2, 0) is 17.1 Å². The summed E-state index contributed by atoms with van der Waals surface area (Å²) in [4.78, 5) is 6.15. The molecule has 0 fully saturated rings. The normalized spacial score (nSPS) is 11.1. The molecule has 0 atom stereocenters. The second-order valence-electron chi connectivity index (χ2n) is 6.56. The van der Waals surface area contributed by atoms with Crippen molar-refractivity contribution in [3.63, 3.8) is 0 Å².